The fourth-order valence-electron chi connectivity index (χ4n) is 3.14. The zero-order chi connectivity index (χ0) is 14.8. The average Bonchev–Trinajstić information content (AvgIpc) is 2.33. The Morgan fingerprint density at radius 2 is 1.95 bits per heavy atom. The van der Waals surface area contributed by atoms with E-state index in [0.29, 0.717) is 13.0 Å². The van der Waals surface area contributed by atoms with Crippen molar-refractivity contribution >= 4 is 5.69 Å². The minimum atomic E-state index is -0.184. The number of nitrogens with zero attached hydrogens (tertiary/aromatic N) is 2. The number of anilines is 1. The molecular weight excluding hydrogens is 253 g/mol. The van der Waals surface area contributed by atoms with E-state index in [1.165, 1.54) is 25.3 Å². The highest BCUT2D eigenvalue weighted by molar-refractivity contribution is 5.54. The van der Waals surface area contributed by atoms with Crippen LogP contribution < -0.4 is 10.6 Å². The molecule has 0 unspecified atom stereocenters. The molecule has 3 nitrogen and oxygen atoms in total. The summed E-state index contributed by atoms with van der Waals surface area (Å²) < 4.78 is 13.4. The summed E-state index contributed by atoms with van der Waals surface area (Å²) in [4.78, 5) is 4.59. The first-order valence-electron chi connectivity index (χ1n) is 7.35. The molecule has 0 atom stereocenters. The zero-order valence-electron chi connectivity index (χ0n) is 12.8. The molecule has 0 bridgehead atoms. The Morgan fingerprint density at radius 3 is 2.45 bits per heavy atom. The molecule has 4 heteroatoms. The van der Waals surface area contributed by atoms with Gasteiger partial charge in [0.05, 0.1) is 0 Å². The van der Waals surface area contributed by atoms with Gasteiger partial charge in [0.25, 0.3) is 0 Å². The van der Waals surface area contributed by atoms with Crippen LogP contribution in [-0.4, -0.2) is 44.7 Å². The molecule has 1 saturated carbocycles. The summed E-state index contributed by atoms with van der Waals surface area (Å²) in [6.45, 7) is 1.52. The molecule has 1 aromatic carbocycles. The van der Waals surface area contributed by atoms with E-state index in [2.05, 4.69) is 30.9 Å². The number of hydrogen-bond donors (Lipinski definition) is 1. The van der Waals surface area contributed by atoms with Crippen molar-refractivity contribution in [2.45, 2.75) is 31.2 Å². The molecule has 0 heterocycles. The van der Waals surface area contributed by atoms with Gasteiger partial charge in [-0.15, -0.1) is 0 Å². The molecular formula is C16H26FN3. The zero-order valence-corrected chi connectivity index (χ0v) is 12.8. The van der Waals surface area contributed by atoms with Crippen molar-refractivity contribution in [3.05, 3.63) is 29.6 Å². The monoisotopic (exact) mass is 279 g/mol. The maximum Gasteiger partial charge on any atom is 0.123 e. The smallest absolute Gasteiger partial charge is 0.123 e. The fourth-order valence-corrected chi connectivity index (χ4v) is 3.14. The van der Waals surface area contributed by atoms with Crippen LogP contribution >= 0.6 is 0 Å². The Hall–Kier alpha value is -1.13. The third kappa shape index (κ3) is 2.96. The maximum atomic E-state index is 13.4. The van der Waals surface area contributed by atoms with Crippen LogP contribution in [0.2, 0.25) is 0 Å². The van der Waals surface area contributed by atoms with Gasteiger partial charge in [-0.1, -0.05) is 0 Å². The molecule has 0 amide bonds. The van der Waals surface area contributed by atoms with Gasteiger partial charge in [-0.05, 0) is 70.1 Å². The fraction of sp³-hybridized carbons (Fsp3) is 0.625. The molecule has 0 radical (unpaired) electrons. The van der Waals surface area contributed by atoms with E-state index in [9.17, 15) is 4.39 Å². The minimum absolute atomic E-state index is 0.184. The van der Waals surface area contributed by atoms with E-state index in [4.69, 9.17) is 5.73 Å². The summed E-state index contributed by atoms with van der Waals surface area (Å²) in [5, 5.41) is 0. The van der Waals surface area contributed by atoms with Gasteiger partial charge < -0.3 is 15.5 Å². The van der Waals surface area contributed by atoms with Crippen LogP contribution in [0.15, 0.2) is 18.2 Å². The molecule has 20 heavy (non-hydrogen) atoms. The number of likely N-dealkylation sites (N-methyl/N-ethyl adjacent to an activating group) is 2. The topological polar surface area (TPSA) is 32.5 Å². The Labute approximate surface area is 121 Å². The van der Waals surface area contributed by atoms with Crippen molar-refractivity contribution in [3.63, 3.8) is 0 Å². The molecule has 0 aromatic heterocycles. The van der Waals surface area contributed by atoms with Gasteiger partial charge in [0.2, 0.25) is 0 Å². The molecule has 1 aliphatic rings. The van der Waals surface area contributed by atoms with Gasteiger partial charge in [0.15, 0.2) is 0 Å². The van der Waals surface area contributed by atoms with Crippen molar-refractivity contribution < 1.29 is 4.39 Å². The second kappa shape index (κ2) is 6.10. The van der Waals surface area contributed by atoms with Gasteiger partial charge in [-0.3, -0.25) is 0 Å². The lowest BCUT2D eigenvalue weighted by molar-refractivity contribution is 0.0683. The van der Waals surface area contributed by atoms with Crippen molar-refractivity contribution in [1.29, 1.82) is 0 Å². The van der Waals surface area contributed by atoms with E-state index in [-0.39, 0.29) is 11.4 Å². The molecule has 2 N–H and O–H groups in total. The van der Waals surface area contributed by atoms with Crippen LogP contribution in [-0.2, 0) is 6.42 Å². The quantitative estimate of drug-likeness (QED) is 0.867. The predicted octanol–water partition coefficient (Wildman–Crippen LogP) is 2.25. The summed E-state index contributed by atoms with van der Waals surface area (Å²) in [7, 11) is 6.40. The van der Waals surface area contributed by atoms with Crippen LogP contribution in [0.4, 0.5) is 10.1 Å². The third-order valence-electron chi connectivity index (χ3n) is 4.63. The number of hydrogen-bond acceptors (Lipinski definition) is 3. The summed E-state index contributed by atoms with van der Waals surface area (Å²) >= 11 is 0. The van der Waals surface area contributed by atoms with Crippen LogP contribution in [0.5, 0.6) is 0 Å². The Morgan fingerprint density at radius 1 is 1.25 bits per heavy atom. The number of halogens is 1. The molecule has 2 rings (SSSR count). The van der Waals surface area contributed by atoms with Gasteiger partial charge in [0, 0.05) is 24.8 Å². The van der Waals surface area contributed by atoms with Gasteiger partial charge in [-0.2, -0.15) is 0 Å². The summed E-state index contributed by atoms with van der Waals surface area (Å²) in [5.74, 6) is -0.184. The SMILES string of the molecule is CN(CC1(N(C)C)CCC1)c1ccc(F)cc1CCN. The standard InChI is InChI=1S/C16H26FN3/c1-19(2)16(8-4-9-16)12-20(3)15-6-5-14(17)11-13(15)7-10-18/h5-6,11H,4,7-10,12,18H2,1-3H3. The van der Waals surface area contributed by atoms with Crippen molar-refractivity contribution in [2.75, 3.05) is 39.1 Å². The lowest BCUT2D eigenvalue weighted by atomic mass is 9.75. The van der Waals surface area contributed by atoms with Crippen molar-refractivity contribution in [2.24, 2.45) is 5.73 Å². The molecule has 0 aliphatic heterocycles. The number of nitrogens with two attached hydrogens (primary N) is 1. The van der Waals surface area contributed by atoms with Crippen LogP contribution in [0.25, 0.3) is 0 Å². The number of rotatable bonds is 6. The Balaban J connectivity index is 2.18. The van der Waals surface area contributed by atoms with E-state index in [1.807, 2.05) is 6.07 Å². The third-order valence-corrected chi connectivity index (χ3v) is 4.63. The molecule has 1 fully saturated rings. The molecule has 1 aromatic rings. The largest absolute Gasteiger partial charge is 0.373 e. The van der Waals surface area contributed by atoms with Crippen LogP contribution in [0.3, 0.4) is 0 Å². The minimum Gasteiger partial charge on any atom is -0.373 e. The lowest BCUT2D eigenvalue weighted by Crippen LogP contribution is -2.56. The summed E-state index contributed by atoms with van der Waals surface area (Å²) in [6, 6.07) is 5.03. The lowest BCUT2D eigenvalue weighted by Gasteiger charge is -2.49. The van der Waals surface area contributed by atoms with E-state index >= 15 is 0 Å². The normalized spacial score (nSPS) is 17.1. The maximum absolute atomic E-state index is 13.4. The molecule has 0 saturated heterocycles. The van der Waals surface area contributed by atoms with Crippen LogP contribution in [0, 0.1) is 5.82 Å². The molecule has 0 spiro atoms. The van der Waals surface area contributed by atoms with E-state index < -0.39 is 0 Å². The first-order chi connectivity index (χ1) is 9.48. The number of benzene rings is 1. The van der Waals surface area contributed by atoms with E-state index in [0.717, 1.165) is 17.8 Å². The highest BCUT2D eigenvalue weighted by Crippen LogP contribution is 2.37. The van der Waals surface area contributed by atoms with Gasteiger partial charge in [0.1, 0.15) is 5.82 Å². The molecule has 1 aliphatic carbocycles. The first kappa shape index (κ1) is 15.3. The highest BCUT2D eigenvalue weighted by Gasteiger charge is 2.40. The summed E-state index contributed by atoms with van der Waals surface area (Å²) in [5.41, 5.74) is 8.02. The predicted molar refractivity (Wildman–Crippen MR) is 82.7 cm³/mol. The van der Waals surface area contributed by atoms with Crippen molar-refractivity contribution in [1.82, 2.24) is 4.90 Å². The van der Waals surface area contributed by atoms with E-state index in [1.54, 1.807) is 6.07 Å². The van der Waals surface area contributed by atoms with Crippen molar-refractivity contribution in [3.8, 4) is 0 Å². The average molecular weight is 279 g/mol. The van der Waals surface area contributed by atoms with Crippen LogP contribution in [0.1, 0.15) is 24.8 Å². The highest BCUT2D eigenvalue weighted by atomic mass is 19.1. The Kier molecular flexibility index (Phi) is 4.66. The van der Waals surface area contributed by atoms with Gasteiger partial charge in [-0.25, -0.2) is 4.39 Å². The second-order valence-corrected chi connectivity index (χ2v) is 6.14. The van der Waals surface area contributed by atoms with Gasteiger partial charge >= 0.3 is 0 Å². The summed E-state index contributed by atoms with van der Waals surface area (Å²) in [6.07, 6.45) is 4.48. The first-order valence-corrected chi connectivity index (χ1v) is 7.35. The second-order valence-electron chi connectivity index (χ2n) is 6.14. The molecule has 112 valence electrons. The Bertz CT molecular complexity index is 455.